The largest absolute Gasteiger partial charge is 0.492 e. The standard InChI is InChI=1S/C11H15BrO2S/c1-2-15-6-5-14-11-4-3-10(12)7-9(11)8-13/h3-4,7,13H,2,5-6,8H2,1H3. The number of hydrogen-bond acceptors (Lipinski definition) is 3. The summed E-state index contributed by atoms with van der Waals surface area (Å²) in [5.41, 5.74) is 0.825. The third kappa shape index (κ3) is 4.45. The maximum absolute atomic E-state index is 9.14. The molecule has 0 aliphatic carbocycles. The van der Waals surface area contributed by atoms with Gasteiger partial charge in [-0.05, 0) is 24.0 Å². The predicted octanol–water partition coefficient (Wildman–Crippen LogP) is 3.07. The summed E-state index contributed by atoms with van der Waals surface area (Å²) < 4.78 is 6.54. The van der Waals surface area contributed by atoms with Crippen molar-refractivity contribution >= 4 is 27.7 Å². The summed E-state index contributed by atoms with van der Waals surface area (Å²) in [6, 6.07) is 5.68. The van der Waals surface area contributed by atoms with Crippen molar-refractivity contribution in [3.63, 3.8) is 0 Å². The molecule has 84 valence electrons. The summed E-state index contributed by atoms with van der Waals surface area (Å²) in [5.74, 6) is 2.87. The molecule has 1 aromatic carbocycles. The normalized spacial score (nSPS) is 10.3. The minimum atomic E-state index is 0.00962. The van der Waals surface area contributed by atoms with Gasteiger partial charge in [0.05, 0.1) is 13.2 Å². The number of aliphatic hydroxyl groups excluding tert-OH is 1. The van der Waals surface area contributed by atoms with E-state index in [1.165, 1.54) is 0 Å². The van der Waals surface area contributed by atoms with Crippen molar-refractivity contribution in [1.82, 2.24) is 0 Å². The minimum absolute atomic E-state index is 0.00962. The van der Waals surface area contributed by atoms with Gasteiger partial charge in [0.25, 0.3) is 0 Å². The second-order valence-electron chi connectivity index (χ2n) is 2.96. The predicted molar refractivity (Wildman–Crippen MR) is 68.6 cm³/mol. The van der Waals surface area contributed by atoms with Gasteiger partial charge in [0, 0.05) is 15.8 Å². The number of rotatable bonds is 6. The van der Waals surface area contributed by atoms with Crippen LogP contribution in [-0.4, -0.2) is 23.2 Å². The smallest absolute Gasteiger partial charge is 0.124 e. The van der Waals surface area contributed by atoms with Crippen molar-refractivity contribution in [2.24, 2.45) is 0 Å². The first-order valence-electron chi connectivity index (χ1n) is 4.87. The fraction of sp³-hybridized carbons (Fsp3) is 0.455. The van der Waals surface area contributed by atoms with Gasteiger partial charge in [-0.15, -0.1) is 0 Å². The molecule has 0 aromatic heterocycles. The van der Waals surface area contributed by atoms with E-state index < -0.39 is 0 Å². The van der Waals surface area contributed by atoms with Crippen molar-refractivity contribution in [3.05, 3.63) is 28.2 Å². The van der Waals surface area contributed by atoms with Gasteiger partial charge in [0.15, 0.2) is 0 Å². The van der Waals surface area contributed by atoms with Crippen LogP contribution in [0.4, 0.5) is 0 Å². The second-order valence-corrected chi connectivity index (χ2v) is 5.27. The lowest BCUT2D eigenvalue weighted by atomic mass is 10.2. The van der Waals surface area contributed by atoms with Gasteiger partial charge in [0.1, 0.15) is 5.75 Å². The molecule has 1 aromatic rings. The quantitative estimate of drug-likeness (QED) is 0.817. The third-order valence-electron chi connectivity index (χ3n) is 1.88. The summed E-state index contributed by atoms with van der Waals surface area (Å²) in [6.07, 6.45) is 0. The van der Waals surface area contributed by atoms with Crippen LogP contribution in [0.5, 0.6) is 5.75 Å². The maximum Gasteiger partial charge on any atom is 0.124 e. The van der Waals surface area contributed by atoms with Crippen molar-refractivity contribution in [3.8, 4) is 5.75 Å². The van der Waals surface area contributed by atoms with E-state index in [1.807, 2.05) is 30.0 Å². The van der Waals surface area contributed by atoms with E-state index in [0.29, 0.717) is 6.61 Å². The van der Waals surface area contributed by atoms with Crippen molar-refractivity contribution in [2.75, 3.05) is 18.1 Å². The van der Waals surface area contributed by atoms with Crippen LogP contribution in [-0.2, 0) is 6.61 Å². The molecule has 15 heavy (non-hydrogen) atoms. The van der Waals surface area contributed by atoms with E-state index in [-0.39, 0.29) is 6.61 Å². The minimum Gasteiger partial charge on any atom is -0.492 e. The van der Waals surface area contributed by atoms with Gasteiger partial charge < -0.3 is 9.84 Å². The molecule has 2 nitrogen and oxygen atoms in total. The molecule has 0 bridgehead atoms. The van der Waals surface area contributed by atoms with Crippen LogP contribution < -0.4 is 4.74 Å². The highest BCUT2D eigenvalue weighted by atomic mass is 79.9. The van der Waals surface area contributed by atoms with Gasteiger partial charge >= 0.3 is 0 Å². The highest BCUT2D eigenvalue weighted by Crippen LogP contribution is 2.23. The average Bonchev–Trinajstić information content (AvgIpc) is 2.26. The monoisotopic (exact) mass is 290 g/mol. The molecule has 0 atom stereocenters. The van der Waals surface area contributed by atoms with E-state index in [0.717, 1.165) is 27.3 Å². The van der Waals surface area contributed by atoms with Crippen molar-refractivity contribution < 1.29 is 9.84 Å². The Morgan fingerprint density at radius 1 is 1.47 bits per heavy atom. The summed E-state index contributed by atoms with van der Waals surface area (Å²) in [5, 5.41) is 9.14. The molecule has 0 radical (unpaired) electrons. The Balaban J connectivity index is 2.52. The summed E-state index contributed by atoms with van der Waals surface area (Å²) >= 11 is 5.21. The highest BCUT2D eigenvalue weighted by molar-refractivity contribution is 9.10. The van der Waals surface area contributed by atoms with Gasteiger partial charge in [0.2, 0.25) is 0 Å². The van der Waals surface area contributed by atoms with E-state index in [9.17, 15) is 0 Å². The Kier molecular flexibility index (Phi) is 6.13. The van der Waals surface area contributed by atoms with Gasteiger partial charge in [-0.2, -0.15) is 11.8 Å². The Labute approximate surface area is 103 Å². The fourth-order valence-corrected chi connectivity index (χ4v) is 2.07. The Morgan fingerprint density at radius 3 is 2.93 bits per heavy atom. The van der Waals surface area contributed by atoms with E-state index in [2.05, 4.69) is 22.9 Å². The summed E-state index contributed by atoms with van der Waals surface area (Å²) in [7, 11) is 0. The molecule has 0 aliphatic heterocycles. The van der Waals surface area contributed by atoms with Gasteiger partial charge in [-0.25, -0.2) is 0 Å². The van der Waals surface area contributed by atoms with Crippen LogP contribution in [0.25, 0.3) is 0 Å². The Bertz CT molecular complexity index is 305. The molecule has 4 heteroatoms. The summed E-state index contributed by atoms with van der Waals surface area (Å²) in [4.78, 5) is 0. The van der Waals surface area contributed by atoms with Crippen LogP contribution >= 0.6 is 27.7 Å². The first kappa shape index (κ1) is 12.9. The number of aliphatic hydroxyl groups is 1. The molecular weight excluding hydrogens is 276 g/mol. The SMILES string of the molecule is CCSCCOc1ccc(Br)cc1CO. The lowest BCUT2D eigenvalue weighted by Gasteiger charge is -2.09. The van der Waals surface area contributed by atoms with Crippen LogP contribution in [0.1, 0.15) is 12.5 Å². The van der Waals surface area contributed by atoms with Crippen molar-refractivity contribution in [1.29, 1.82) is 0 Å². The molecule has 0 aliphatic rings. The molecule has 0 amide bonds. The second kappa shape index (κ2) is 7.14. The Morgan fingerprint density at radius 2 is 2.27 bits per heavy atom. The first-order chi connectivity index (χ1) is 7.27. The van der Waals surface area contributed by atoms with Crippen LogP contribution in [0, 0.1) is 0 Å². The molecule has 0 saturated heterocycles. The first-order valence-corrected chi connectivity index (χ1v) is 6.82. The number of benzene rings is 1. The molecular formula is C11H15BrO2S. The van der Waals surface area contributed by atoms with Gasteiger partial charge in [-0.1, -0.05) is 22.9 Å². The number of hydrogen-bond donors (Lipinski definition) is 1. The zero-order chi connectivity index (χ0) is 11.1. The number of ether oxygens (including phenoxy) is 1. The maximum atomic E-state index is 9.14. The van der Waals surface area contributed by atoms with Crippen LogP contribution in [0.15, 0.2) is 22.7 Å². The zero-order valence-corrected chi connectivity index (χ0v) is 11.1. The van der Waals surface area contributed by atoms with Gasteiger partial charge in [-0.3, -0.25) is 0 Å². The molecule has 0 saturated carbocycles. The topological polar surface area (TPSA) is 29.5 Å². The summed E-state index contributed by atoms with van der Waals surface area (Å²) in [6.45, 7) is 2.83. The van der Waals surface area contributed by atoms with Crippen molar-refractivity contribution in [2.45, 2.75) is 13.5 Å². The lowest BCUT2D eigenvalue weighted by molar-refractivity contribution is 0.267. The van der Waals surface area contributed by atoms with E-state index >= 15 is 0 Å². The molecule has 0 heterocycles. The zero-order valence-electron chi connectivity index (χ0n) is 8.70. The van der Waals surface area contributed by atoms with Crippen LogP contribution in [0.2, 0.25) is 0 Å². The van der Waals surface area contributed by atoms with E-state index in [4.69, 9.17) is 9.84 Å². The molecule has 0 unspecified atom stereocenters. The number of thioether (sulfide) groups is 1. The highest BCUT2D eigenvalue weighted by Gasteiger charge is 2.03. The average molecular weight is 291 g/mol. The Hall–Kier alpha value is -0.190. The molecule has 0 spiro atoms. The fourth-order valence-electron chi connectivity index (χ4n) is 1.17. The third-order valence-corrected chi connectivity index (χ3v) is 3.24. The molecule has 1 rings (SSSR count). The van der Waals surface area contributed by atoms with Crippen LogP contribution in [0.3, 0.4) is 0 Å². The lowest BCUT2D eigenvalue weighted by Crippen LogP contribution is -2.02. The molecule has 1 N–H and O–H groups in total. The van der Waals surface area contributed by atoms with E-state index in [1.54, 1.807) is 0 Å². The number of halogens is 1. The molecule has 0 fully saturated rings.